The summed E-state index contributed by atoms with van der Waals surface area (Å²) in [4.78, 5) is 25.0. The predicted octanol–water partition coefficient (Wildman–Crippen LogP) is 1.36. The van der Waals surface area contributed by atoms with Gasteiger partial charge in [-0.15, -0.1) is 0 Å². The number of hydrogen-bond acceptors (Lipinski definition) is 4. The molecule has 0 aliphatic carbocycles. The largest absolute Gasteiger partial charge is 0.478 e. The second-order valence-corrected chi connectivity index (χ2v) is 2.76. The lowest BCUT2D eigenvalue weighted by Gasteiger charge is -2.02. The van der Waals surface area contributed by atoms with Gasteiger partial charge in [0.1, 0.15) is 5.82 Å². The number of carbonyl (C=O) groups is 2. The molecule has 0 aromatic carbocycles. The fourth-order valence-electron chi connectivity index (χ4n) is 0.942. The summed E-state index contributed by atoms with van der Waals surface area (Å²) in [6.07, 6.45) is 3.21. The van der Waals surface area contributed by atoms with Crippen molar-refractivity contribution in [3.8, 4) is 0 Å². The van der Waals surface area contributed by atoms with Gasteiger partial charge in [-0.25, -0.2) is 14.6 Å². The summed E-state index contributed by atoms with van der Waals surface area (Å²) in [7, 11) is 1.24. The number of nitrogens with one attached hydrogen (secondary N) is 1. The lowest BCUT2D eigenvalue weighted by Crippen LogP contribution is -2.11. The second-order valence-electron chi connectivity index (χ2n) is 2.76. The lowest BCUT2D eigenvalue weighted by molar-refractivity contribution is -0.131. The molecule has 1 rings (SSSR count). The molecule has 0 saturated heterocycles. The number of aliphatic carboxylic acids is 1. The zero-order chi connectivity index (χ0) is 12.0. The van der Waals surface area contributed by atoms with Crippen molar-refractivity contribution in [3.63, 3.8) is 0 Å². The van der Waals surface area contributed by atoms with Gasteiger partial charge in [0, 0.05) is 12.3 Å². The van der Waals surface area contributed by atoms with Gasteiger partial charge in [0.2, 0.25) is 0 Å². The van der Waals surface area contributed by atoms with E-state index in [2.05, 4.69) is 15.0 Å². The van der Waals surface area contributed by atoms with Gasteiger partial charge in [0.25, 0.3) is 0 Å². The fourth-order valence-corrected chi connectivity index (χ4v) is 0.942. The number of carboxylic acid groups (broad SMARTS) is 1. The maximum Gasteiger partial charge on any atom is 0.412 e. The molecule has 6 heteroatoms. The highest BCUT2D eigenvalue weighted by Gasteiger charge is 2.01. The van der Waals surface area contributed by atoms with Crippen molar-refractivity contribution in [1.82, 2.24) is 4.98 Å². The minimum atomic E-state index is -1.04. The molecule has 0 bridgehead atoms. The first kappa shape index (κ1) is 11.7. The zero-order valence-electron chi connectivity index (χ0n) is 8.51. The van der Waals surface area contributed by atoms with Gasteiger partial charge in [-0.3, -0.25) is 5.32 Å². The van der Waals surface area contributed by atoms with Crippen LogP contribution in [0.15, 0.2) is 24.4 Å². The maximum absolute atomic E-state index is 10.9. The van der Waals surface area contributed by atoms with Crippen molar-refractivity contribution in [2.24, 2.45) is 0 Å². The summed E-state index contributed by atoms with van der Waals surface area (Å²) in [6, 6.07) is 3.14. The molecule has 0 fully saturated rings. The van der Waals surface area contributed by atoms with E-state index in [0.29, 0.717) is 11.4 Å². The molecule has 0 spiro atoms. The number of anilines is 1. The van der Waals surface area contributed by atoms with Crippen LogP contribution in [0, 0.1) is 0 Å². The van der Waals surface area contributed by atoms with E-state index in [-0.39, 0.29) is 0 Å². The summed E-state index contributed by atoms with van der Waals surface area (Å²) in [5.41, 5.74) is 0.615. The molecule has 1 aromatic rings. The number of rotatable bonds is 3. The van der Waals surface area contributed by atoms with Crippen LogP contribution in [0.5, 0.6) is 0 Å². The number of carboxylic acids is 1. The molecule has 0 unspecified atom stereocenters. The highest BCUT2D eigenvalue weighted by Crippen LogP contribution is 2.08. The third kappa shape index (κ3) is 3.79. The SMILES string of the molecule is COC(=O)Nc1cc(/C=C/C(=O)O)ccn1. The number of hydrogen-bond donors (Lipinski definition) is 2. The Morgan fingerprint density at radius 2 is 2.31 bits per heavy atom. The van der Waals surface area contributed by atoms with Gasteiger partial charge in [-0.05, 0) is 23.8 Å². The Morgan fingerprint density at radius 3 is 2.94 bits per heavy atom. The topological polar surface area (TPSA) is 88.5 Å². The van der Waals surface area contributed by atoms with E-state index in [1.165, 1.54) is 25.4 Å². The molecule has 1 heterocycles. The van der Waals surface area contributed by atoms with Crippen molar-refractivity contribution >= 4 is 24.0 Å². The van der Waals surface area contributed by atoms with Gasteiger partial charge in [0.05, 0.1) is 7.11 Å². The second kappa shape index (κ2) is 5.50. The summed E-state index contributed by atoms with van der Waals surface area (Å²) in [5.74, 6) is -0.751. The van der Waals surface area contributed by atoms with Crippen molar-refractivity contribution in [1.29, 1.82) is 0 Å². The minimum absolute atomic E-state index is 0.291. The van der Waals surface area contributed by atoms with E-state index in [4.69, 9.17) is 5.11 Å². The molecule has 0 saturated carbocycles. The van der Waals surface area contributed by atoms with Crippen LogP contribution in [-0.2, 0) is 9.53 Å². The van der Waals surface area contributed by atoms with Gasteiger partial charge in [-0.1, -0.05) is 0 Å². The standard InChI is InChI=1S/C10H10N2O4/c1-16-10(15)12-8-6-7(4-5-11-8)2-3-9(13)14/h2-6H,1H3,(H,13,14)(H,11,12,15)/b3-2+. The summed E-state index contributed by atoms with van der Waals surface area (Å²) < 4.78 is 4.39. The smallest absolute Gasteiger partial charge is 0.412 e. The Bertz CT molecular complexity index is 429. The third-order valence-electron chi connectivity index (χ3n) is 1.62. The zero-order valence-corrected chi connectivity index (χ0v) is 8.51. The van der Waals surface area contributed by atoms with E-state index in [9.17, 15) is 9.59 Å². The average Bonchev–Trinajstić information content (AvgIpc) is 2.26. The van der Waals surface area contributed by atoms with Crippen LogP contribution >= 0.6 is 0 Å². The molecule has 2 N–H and O–H groups in total. The number of pyridine rings is 1. The van der Waals surface area contributed by atoms with E-state index in [1.54, 1.807) is 6.07 Å². The van der Waals surface area contributed by atoms with Gasteiger partial charge in [0.15, 0.2) is 0 Å². The van der Waals surface area contributed by atoms with Crippen LogP contribution < -0.4 is 5.32 Å². The molecule has 16 heavy (non-hydrogen) atoms. The third-order valence-corrected chi connectivity index (χ3v) is 1.62. The Kier molecular flexibility index (Phi) is 4.02. The fraction of sp³-hybridized carbons (Fsp3) is 0.100. The highest BCUT2D eigenvalue weighted by atomic mass is 16.5. The van der Waals surface area contributed by atoms with Crippen molar-refractivity contribution in [3.05, 3.63) is 30.0 Å². The Labute approximate surface area is 91.6 Å². The van der Waals surface area contributed by atoms with Crippen LogP contribution in [0.3, 0.4) is 0 Å². The van der Waals surface area contributed by atoms with Gasteiger partial charge < -0.3 is 9.84 Å². The molecule has 0 radical (unpaired) electrons. The van der Waals surface area contributed by atoms with Crippen LogP contribution in [0.4, 0.5) is 10.6 Å². The molecular weight excluding hydrogens is 212 g/mol. The Balaban J connectivity index is 2.78. The van der Waals surface area contributed by atoms with Crippen LogP contribution in [-0.4, -0.2) is 29.3 Å². The van der Waals surface area contributed by atoms with Gasteiger partial charge >= 0.3 is 12.1 Å². The molecule has 6 nitrogen and oxygen atoms in total. The maximum atomic E-state index is 10.9. The monoisotopic (exact) mass is 222 g/mol. The Morgan fingerprint density at radius 1 is 1.56 bits per heavy atom. The number of amides is 1. The van der Waals surface area contributed by atoms with E-state index >= 15 is 0 Å². The molecule has 1 amide bonds. The molecule has 0 aliphatic rings. The molecule has 0 atom stereocenters. The summed E-state index contributed by atoms with van der Waals surface area (Å²) >= 11 is 0. The highest BCUT2D eigenvalue weighted by molar-refractivity contribution is 5.86. The van der Waals surface area contributed by atoms with Gasteiger partial charge in [-0.2, -0.15) is 0 Å². The van der Waals surface area contributed by atoms with E-state index in [0.717, 1.165) is 6.08 Å². The first-order valence-electron chi connectivity index (χ1n) is 4.34. The van der Waals surface area contributed by atoms with E-state index < -0.39 is 12.1 Å². The number of nitrogens with zero attached hydrogens (tertiary/aromatic N) is 1. The van der Waals surface area contributed by atoms with Crippen molar-refractivity contribution < 1.29 is 19.4 Å². The Hall–Kier alpha value is -2.37. The van der Waals surface area contributed by atoms with Crippen molar-refractivity contribution in [2.45, 2.75) is 0 Å². The average molecular weight is 222 g/mol. The predicted molar refractivity (Wildman–Crippen MR) is 56.9 cm³/mol. The molecule has 0 aliphatic heterocycles. The number of carbonyl (C=O) groups excluding carboxylic acids is 1. The number of methoxy groups -OCH3 is 1. The van der Waals surface area contributed by atoms with Crippen LogP contribution in [0.2, 0.25) is 0 Å². The summed E-state index contributed by atoms with van der Waals surface area (Å²) in [5, 5.41) is 10.8. The van der Waals surface area contributed by atoms with E-state index in [1.807, 2.05) is 0 Å². The quantitative estimate of drug-likeness (QED) is 0.754. The molecular formula is C10H10N2O4. The summed E-state index contributed by atoms with van der Waals surface area (Å²) in [6.45, 7) is 0. The van der Waals surface area contributed by atoms with Crippen molar-refractivity contribution in [2.75, 3.05) is 12.4 Å². The number of aromatic nitrogens is 1. The first-order chi connectivity index (χ1) is 7.61. The van der Waals surface area contributed by atoms with Crippen LogP contribution in [0.25, 0.3) is 6.08 Å². The first-order valence-corrected chi connectivity index (χ1v) is 4.34. The molecule has 1 aromatic heterocycles. The number of ether oxygens (including phenoxy) is 1. The van der Waals surface area contributed by atoms with Crippen LogP contribution in [0.1, 0.15) is 5.56 Å². The minimum Gasteiger partial charge on any atom is -0.478 e. The normalized spacial score (nSPS) is 10.1. The lowest BCUT2D eigenvalue weighted by atomic mass is 10.2. The molecule has 84 valence electrons.